The van der Waals surface area contributed by atoms with Crippen molar-refractivity contribution in [3.05, 3.63) is 0 Å². The Bertz CT molecular complexity index is 356. The van der Waals surface area contributed by atoms with Crippen molar-refractivity contribution in [1.29, 1.82) is 0 Å². The van der Waals surface area contributed by atoms with Crippen LogP contribution in [0.1, 0.15) is 46.0 Å². The number of fused-ring (bicyclic) bond motifs is 2. The van der Waals surface area contributed by atoms with Crippen LogP contribution in [0, 0.1) is 17.8 Å². The summed E-state index contributed by atoms with van der Waals surface area (Å²) >= 11 is 0. The Labute approximate surface area is 108 Å². The summed E-state index contributed by atoms with van der Waals surface area (Å²) in [6.45, 7) is 5.10. The van der Waals surface area contributed by atoms with Crippen LogP contribution in [0.4, 0.5) is 0 Å². The van der Waals surface area contributed by atoms with Gasteiger partial charge in [-0.25, -0.2) is 9.78 Å². The maximum atomic E-state index is 6.11. The maximum Gasteiger partial charge on any atom is 0.201 e. The monoisotopic (exact) mass is 254 g/mol. The molecule has 4 saturated heterocycles. The van der Waals surface area contributed by atoms with Gasteiger partial charge in [-0.1, -0.05) is 6.92 Å². The Morgan fingerprint density at radius 2 is 1.94 bits per heavy atom. The third-order valence-electron chi connectivity index (χ3n) is 5.61. The Kier molecular flexibility index (Phi) is 2.39. The topological polar surface area (TPSA) is 36.9 Å². The van der Waals surface area contributed by atoms with E-state index in [1.54, 1.807) is 0 Å². The van der Waals surface area contributed by atoms with Gasteiger partial charge >= 0.3 is 0 Å². The first-order chi connectivity index (χ1) is 8.64. The lowest BCUT2D eigenvalue weighted by Crippen LogP contribution is -2.67. The summed E-state index contributed by atoms with van der Waals surface area (Å²) in [5, 5.41) is 0. The molecule has 0 aromatic heterocycles. The predicted octanol–water partition coefficient (Wildman–Crippen LogP) is 2.62. The number of hydrogen-bond acceptors (Lipinski definition) is 4. The summed E-state index contributed by atoms with van der Waals surface area (Å²) in [6, 6.07) is 0. The van der Waals surface area contributed by atoms with E-state index in [2.05, 4.69) is 6.92 Å². The molecule has 1 aliphatic carbocycles. The molecule has 4 nitrogen and oxygen atoms in total. The molecular formula is C14H22O4. The minimum atomic E-state index is -0.616. The summed E-state index contributed by atoms with van der Waals surface area (Å²) in [5.41, 5.74) is -0.341. The van der Waals surface area contributed by atoms with Crippen LogP contribution in [-0.4, -0.2) is 24.3 Å². The summed E-state index contributed by atoms with van der Waals surface area (Å²) < 4.78 is 12.0. The minimum Gasteiger partial charge on any atom is -0.349 e. The van der Waals surface area contributed by atoms with Gasteiger partial charge in [-0.3, -0.25) is 0 Å². The second-order valence-corrected chi connectivity index (χ2v) is 6.66. The second kappa shape index (κ2) is 3.69. The van der Waals surface area contributed by atoms with E-state index in [-0.39, 0.29) is 11.9 Å². The van der Waals surface area contributed by atoms with E-state index in [4.69, 9.17) is 19.2 Å². The molecule has 0 aromatic rings. The quantitative estimate of drug-likeness (QED) is 0.623. The van der Waals surface area contributed by atoms with Gasteiger partial charge in [-0.2, -0.15) is 0 Å². The molecular weight excluding hydrogens is 232 g/mol. The molecule has 5 fully saturated rings. The zero-order chi connectivity index (χ0) is 12.4. The second-order valence-electron chi connectivity index (χ2n) is 6.66. The van der Waals surface area contributed by atoms with Crippen molar-refractivity contribution in [3.8, 4) is 0 Å². The first-order valence-electron chi connectivity index (χ1n) is 7.30. The van der Waals surface area contributed by atoms with Gasteiger partial charge in [-0.15, -0.1) is 0 Å². The highest BCUT2D eigenvalue weighted by Crippen LogP contribution is 2.58. The van der Waals surface area contributed by atoms with E-state index in [0.29, 0.717) is 17.8 Å². The fourth-order valence-electron chi connectivity index (χ4n) is 4.55. The van der Waals surface area contributed by atoms with E-state index in [0.717, 1.165) is 25.9 Å². The Balaban J connectivity index is 1.80. The molecule has 1 spiro atoms. The molecule has 6 atom stereocenters. The lowest BCUT2D eigenvalue weighted by atomic mass is 9.61. The molecule has 5 aliphatic rings. The molecule has 4 aliphatic heterocycles. The maximum absolute atomic E-state index is 6.11. The highest BCUT2D eigenvalue weighted by atomic mass is 17.3. The largest absolute Gasteiger partial charge is 0.349 e. The van der Waals surface area contributed by atoms with Gasteiger partial charge in [0.2, 0.25) is 5.79 Å². The summed E-state index contributed by atoms with van der Waals surface area (Å²) in [7, 11) is 0. The Hall–Kier alpha value is -0.160. The van der Waals surface area contributed by atoms with Gasteiger partial charge in [0.1, 0.15) is 0 Å². The zero-order valence-electron chi connectivity index (χ0n) is 11.2. The van der Waals surface area contributed by atoms with E-state index >= 15 is 0 Å². The molecule has 0 amide bonds. The third-order valence-corrected chi connectivity index (χ3v) is 5.61. The van der Waals surface area contributed by atoms with Crippen molar-refractivity contribution in [2.24, 2.45) is 17.8 Å². The Morgan fingerprint density at radius 1 is 1.06 bits per heavy atom. The van der Waals surface area contributed by atoms with Crippen LogP contribution >= 0.6 is 0 Å². The van der Waals surface area contributed by atoms with E-state index in [1.165, 1.54) is 12.8 Å². The van der Waals surface area contributed by atoms with Crippen LogP contribution in [0.3, 0.4) is 0 Å². The molecule has 5 rings (SSSR count). The number of hydrogen-bond donors (Lipinski definition) is 0. The predicted molar refractivity (Wildman–Crippen MR) is 63.4 cm³/mol. The summed E-state index contributed by atoms with van der Waals surface area (Å²) in [6.07, 6.45) is 5.36. The number of rotatable bonds is 0. The third kappa shape index (κ3) is 1.35. The first-order valence-corrected chi connectivity index (χ1v) is 7.30. The molecule has 2 bridgehead atoms. The standard InChI is InChI=1S/C14H22O4/c1-9-3-4-10-6-8-15-12-14(10)11(9)5-7-13(2,16-12)17-18-14/h9-12H,3-8H2,1-2H3/t9-,10?,11+,12-,13-,14+/m1/s1. The SMILES string of the molecule is C[C@@H]1CCC2CCO[C@@H]3O[C@@]4(C)CC[C@@H]1[C@@]23OO4. The van der Waals surface area contributed by atoms with Crippen LogP contribution in [-0.2, 0) is 19.2 Å². The van der Waals surface area contributed by atoms with Crippen LogP contribution in [0.5, 0.6) is 0 Å². The molecule has 0 radical (unpaired) electrons. The van der Waals surface area contributed by atoms with Crippen molar-refractivity contribution < 1.29 is 19.2 Å². The Morgan fingerprint density at radius 3 is 2.83 bits per heavy atom. The van der Waals surface area contributed by atoms with Crippen LogP contribution < -0.4 is 0 Å². The number of ether oxygens (including phenoxy) is 2. The van der Waals surface area contributed by atoms with Gasteiger partial charge < -0.3 is 9.47 Å². The fourth-order valence-corrected chi connectivity index (χ4v) is 4.55. The summed E-state index contributed by atoms with van der Waals surface area (Å²) in [4.78, 5) is 11.6. The van der Waals surface area contributed by atoms with Crippen molar-refractivity contribution >= 4 is 0 Å². The lowest BCUT2D eigenvalue weighted by Gasteiger charge is -2.57. The molecule has 4 heteroatoms. The molecule has 4 heterocycles. The highest BCUT2D eigenvalue weighted by Gasteiger charge is 2.66. The smallest absolute Gasteiger partial charge is 0.201 e. The lowest BCUT2D eigenvalue weighted by molar-refractivity contribution is -0.564. The molecule has 0 N–H and O–H groups in total. The van der Waals surface area contributed by atoms with Crippen LogP contribution in [0.2, 0.25) is 0 Å². The molecule has 1 saturated carbocycles. The van der Waals surface area contributed by atoms with E-state index in [1.807, 2.05) is 6.92 Å². The van der Waals surface area contributed by atoms with Gasteiger partial charge in [-0.05, 0) is 50.4 Å². The van der Waals surface area contributed by atoms with Gasteiger partial charge in [0.25, 0.3) is 0 Å². The zero-order valence-corrected chi connectivity index (χ0v) is 11.2. The molecule has 18 heavy (non-hydrogen) atoms. The first kappa shape index (κ1) is 11.6. The van der Waals surface area contributed by atoms with Crippen LogP contribution in [0.15, 0.2) is 0 Å². The normalized spacial score (nSPS) is 59.0. The van der Waals surface area contributed by atoms with Gasteiger partial charge in [0.05, 0.1) is 6.61 Å². The van der Waals surface area contributed by atoms with Crippen molar-refractivity contribution in [2.75, 3.05) is 6.61 Å². The fraction of sp³-hybridized carbons (Fsp3) is 1.00. The average Bonchev–Trinajstić information content (AvgIpc) is 2.59. The van der Waals surface area contributed by atoms with Crippen molar-refractivity contribution in [3.63, 3.8) is 0 Å². The average molecular weight is 254 g/mol. The minimum absolute atomic E-state index is 0.231. The molecule has 0 aromatic carbocycles. The van der Waals surface area contributed by atoms with Crippen molar-refractivity contribution in [2.45, 2.75) is 63.6 Å². The van der Waals surface area contributed by atoms with E-state index in [9.17, 15) is 0 Å². The van der Waals surface area contributed by atoms with Crippen molar-refractivity contribution in [1.82, 2.24) is 0 Å². The van der Waals surface area contributed by atoms with Gasteiger partial charge in [0.15, 0.2) is 11.9 Å². The highest BCUT2D eigenvalue weighted by molar-refractivity contribution is 5.06. The summed E-state index contributed by atoms with van der Waals surface area (Å²) in [5.74, 6) is 1.08. The van der Waals surface area contributed by atoms with E-state index < -0.39 is 5.79 Å². The molecule has 102 valence electrons. The van der Waals surface area contributed by atoms with Crippen LogP contribution in [0.25, 0.3) is 0 Å². The van der Waals surface area contributed by atoms with Gasteiger partial charge in [0, 0.05) is 6.42 Å². The molecule has 1 unspecified atom stereocenters.